The van der Waals surface area contributed by atoms with E-state index in [4.69, 9.17) is 16.1 Å². The van der Waals surface area contributed by atoms with Gasteiger partial charge in [-0.25, -0.2) is 9.48 Å². The topological polar surface area (TPSA) is 112 Å². The van der Waals surface area contributed by atoms with E-state index in [1.807, 2.05) is 30.3 Å². The summed E-state index contributed by atoms with van der Waals surface area (Å²) in [6.45, 7) is 1.76. The van der Waals surface area contributed by atoms with Crippen molar-refractivity contribution < 1.29 is 18.8 Å². The minimum Gasteiger partial charge on any atom is -0.465 e. The highest BCUT2D eigenvalue weighted by Crippen LogP contribution is 2.31. The summed E-state index contributed by atoms with van der Waals surface area (Å²) in [5, 5.41) is 16.6. The molecule has 0 spiro atoms. The maximum Gasteiger partial charge on any atom is 0.337 e. The van der Waals surface area contributed by atoms with Gasteiger partial charge in [-0.15, -0.1) is 5.10 Å². The van der Waals surface area contributed by atoms with Crippen molar-refractivity contribution in [1.82, 2.24) is 20.2 Å². The number of esters is 1. The zero-order chi connectivity index (χ0) is 24.5. The fourth-order valence-corrected chi connectivity index (χ4v) is 3.78. The van der Waals surface area contributed by atoms with Crippen LogP contribution in [0, 0.1) is 6.92 Å². The van der Waals surface area contributed by atoms with E-state index in [0.717, 1.165) is 10.9 Å². The Morgan fingerprint density at radius 3 is 2.49 bits per heavy atom. The highest BCUT2D eigenvalue weighted by molar-refractivity contribution is 6.30. The van der Waals surface area contributed by atoms with Gasteiger partial charge < -0.3 is 14.6 Å². The van der Waals surface area contributed by atoms with Crippen LogP contribution >= 0.6 is 11.6 Å². The number of anilines is 1. The predicted molar refractivity (Wildman–Crippen MR) is 130 cm³/mol. The SMILES string of the molecule is COC(=O)c1ccc(NC(=O)c2nnn(-c3ccc4noc(-c5ccc(Cl)cc5)c4c3)c2C)cc1. The van der Waals surface area contributed by atoms with Crippen molar-refractivity contribution in [2.45, 2.75) is 6.92 Å². The molecule has 35 heavy (non-hydrogen) atoms. The number of amides is 1. The molecule has 3 aromatic carbocycles. The van der Waals surface area contributed by atoms with E-state index in [1.54, 1.807) is 48.0 Å². The molecule has 0 bridgehead atoms. The molecule has 5 rings (SSSR count). The maximum absolute atomic E-state index is 12.8. The number of hydrogen-bond donors (Lipinski definition) is 1. The molecule has 0 radical (unpaired) electrons. The fourth-order valence-electron chi connectivity index (χ4n) is 3.65. The second kappa shape index (κ2) is 9.03. The third-order valence-electron chi connectivity index (χ3n) is 5.48. The third-order valence-corrected chi connectivity index (χ3v) is 5.74. The number of methoxy groups -OCH3 is 1. The quantitative estimate of drug-likeness (QED) is 0.344. The van der Waals surface area contributed by atoms with Crippen LogP contribution in [0.1, 0.15) is 26.5 Å². The van der Waals surface area contributed by atoms with E-state index >= 15 is 0 Å². The summed E-state index contributed by atoms with van der Waals surface area (Å²) in [6.07, 6.45) is 0. The average molecular weight is 488 g/mol. The molecule has 2 heterocycles. The molecule has 0 unspecified atom stereocenters. The number of nitrogens with one attached hydrogen (secondary N) is 1. The van der Waals surface area contributed by atoms with Gasteiger partial charge in [0.05, 0.1) is 29.4 Å². The summed E-state index contributed by atoms with van der Waals surface area (Å²) in [5.74, 6) is -0.275. The molecule has 0 aliphatic rings. The van der Waals surface area contributed by atoms with Crippen molar-refractivity contribution in [2.24, 2.45) is 0 Å². The monoisotopic (exact) mass is 487 g/mol. The lowest BCUT2D eigenvalue weighted by atomic mass is 10.1. The number of carbonyl (C=O) groups is 2. The molecule has 0 aliphatic heterocycles. The Morgan fingerprint density at radius 2 is 1.77 bits per heavy atom. The van der Waals surface area contributed by atoms with E-state index in [0.29, 0.717) is 38.9 Å². The van der Waals surface area contributed by atoms with Crippen LogP contribution in [-0.2, 0) is 4.74 Å². The van der Waals surface area contributed by atoms with Crippen molar-refractivity contribution in [2.75, 3.05) is 12.4 Å². The molecule has 0 fully saturated rings. The van der Waals surface area contributed by atoms with Crippen LogP contribution < -0.4 is 5.32 Å². The first-order valence-electron chi connectivity index (χ1n) is 10.5. The molecule has 0 saturated carbocycles. The number of benzene rings is 3. The lowest BCUT2D eigenvalue weighted by Crippen LogP contribution is -2.14. The van der Waals surface area contributed by atoms with Crippen molar-refractivity contribution in [3.05, 3.63) is 88.7 Å². The van der Waals surface area contributed by atoms with Crippen LogP contribution in [0.25, 0.3) is 27.9 Å². The van der Waals surface area contributed by atoms with Gasteiger partial charge in [0.2, 0.25) is 0 Å². The van der Waals surface area contributed by atoms with Crippen molar-refractivity contribution >= 4 is 40.1 Å². The molecule has 9 nitrogen and oxygen atoms in total. The first kappa shape index (κ1) is 22.3. The number of nitrogens with zero attached hydrogens (tertiary/aromatic N) is 4. The highest BCUT2D eigenvalue weighted by Gasteiger charge is 2.19. The van der Waals surface area contributed by atoms with Crippen LogP contribution in [0.3, 0.4) is 0 Å². The van der Waals surface area contributed by atoms with Gasteiger partial charge in [0.15, 0.2) is 11.5 Å². The standard InChI is InChI=1S/C25H18ClN5O4/c1-14-22(24(32)27-18-9-5-16(6-10-18)25(33)34-2)28-30-31(14)19-11-12-21-20(13-19)23(35-29-21)15-3-7-17(26)8-4-15/h3-13H,1-2H3,(H,27,32). The number of rotatable bonds is 5. The van der Waals surface area contributed by atoms with Gasteiger partial charge in [0.1, 0.15) is 5.52 Å². The van der Waals surface area contributed by atoms with E-state index in [-0.39, 0.29) is 5.69 Å². The molecule has 0 saturated heterocycles. The molecule has 5 aromatic rings. The van der Waals surface area contributed by atoms with Crippen LogP contribution in [0.5, 0.6) is 0 Å². The first-order valence-corrected chi connectivity index (χ1v) is 10.9. The van der Waals surface area contributed by atoms with E-state index < -0.39 is 11.9 Å². The van der Waals surface area contributed by atoms with Crippen molar-refractivity contribution in [3.8, 4) is 17.0 Å². The number of aromatic nitrogens is 4. The zero-order valence-corrected chi connectivity index (χ0v) is 19.4. The van der Waals surface area contributed by atoms with Crippen LogP contribution in [0.4, 0.5) is 5.69 Å². The summed E-state index contributed by atoms with van der Waals surface area (Å²) < 4.78 is 11.8. The Bertz CT molecular complexity index is 1560. The van der Waals surface area contributed by atoms with Crippen molar-refractivity contribution in [1.29, 1.82) is 0 Å². The van der Waals surface area contributed by atoms with Crippen molar-refractivity contribution in [3.63, 3.8) is 0 Å². The predicted octanol–water partition coefficient (Wildman–Crippen LogP) is 5.08. The van der Waals surface area contributed by atoms with Crippen LogP contribution in [0.15, 0.2) is 71.3 Å². The van der Waals surface area contributed by atoms with Gasteiger partial charge in [-0.3, -0.25) is 4.79 Å². The van der Waals surface area contributed by atoms with E-state index in [2.05, 4.69) is 25.5 Å². The Labute approximate surface area is 204 Å². The van der Waals surface area contributed by atoms with Crippen LogP contribution in [0.2, 0.25) is 5.02 Å². The molecule has 1 N–H and O–H groups in total. The van der Waals surface area contributed by atoms with Gasteiger partial charge in [0, 0.05) is 16.3 Å². The average Bonchev–Trinajstić information content (AvgIpc) is 3.47. The molecule has 1 amide bonds. The minimum absolute atomic E-state index is 0.172. The summed E-state index contributed by atoms with van der Waals surface area (Å²) in [5.41, 5.74) is 3.84. The molecule has 2 aromatic heterocycles. The smallest absolute Gasteiger partial charge is 0.337 e. The highest BCUT2D eigenvalue weighted by atomic mass is 35.5. The zero-order valence-electron chi connectivity index (χ0n) is 18.7. The molecule has 10 heteroatoms. The van der Waals surface area contributed by atoms with Gasteiger partial charge >= 0.3 is 5.97 Å². The largest absolute Gasteiger partial charge is 0.465 e. The Kier molecular flexibility index (Phi) is 5.76. The lowest BCUT2D eigenvalue weighted by Gasteiger charge is -2.06. The number of hydrogen-bond acceptors (Lipinski definition) is 7. The Morgan fingerprint density at radius 1 is 1.03 bits per heavy atom. The van der Waals surface area contributed by atoms with Gasteiger partial charge in [-0.05, 0) is 73.7 Å². The molecule has 174 valence electrons. The summed E-state index contributed by atoms with van der Waals surface area (Å²) >= 11 is 6.00. The normalized spacial score (nSPS) is 10.9. The summed E-state index contributed by atoms with van der Waals surface area (Å²) in [6, 6.07) is 19.2. The second-order valence-electron chi connectivity index (χ2n) is 7.68. The third kappa shape index (κ3) is 4.24. The van der Waals surface area contributed by atoms with E-state index in [1.165, 1.54) is 7.11 Å². The lowest BCUT2D eigenvalue weighted by molar-refractivity contribution is 0.0600. The molecule has 0 atom stereocenters. The number of halogens is 1. The minimum atomic E-state index is -0.453. The second-order valence-corrected chi connectivity index (χ2v) is 8.11. The maximum atomic E-state index is 12.8. The molecule has 0 aliphatic carbocycles. The fraction of sp³-hybridized carbons (Fsp3) is 0.0800. The van der Waals surface area contributed by atoms with Gasteiger partial charge in [-0.2, -0.15) is 0 Å². The molecular formula is C25H18ClN5O4. The number of ether oxygens (including phenoxy) is 1. The van der Waals surface area contributed by atoms with Gasteiger partial charge in [0.25, 0.3) is 5.91 Å². The Balaban J connectivity index is 1.42. The number of carbonyl (C=O) groups excluding carboxylic acids is 2. The molecular weight excluding hydrogens is 470 g/mol. The first-order chi connectivity index (χ1) is 16.9. The summed E-state index contributed by atoms with van der Waals surface area (Å²) in [4.78, 5) is 24.4. The summed E-state index contributed by atoms with van der Waals surface area (Å²) in [7, 11) is 1.31. The number of fused-ring (bicyclic) bond motifs is 1. The van der Waals surface area contributed by atoms with Crippen LogP contribution in [-0.4, -0.2) is 39.1 Å². The van der Waals surface area contributed by atoms with E-state index in [9.17, 15) is 9.59 Å². The Hall–Kier alpha value is -4.50. The van der Waals surface area contributed by atoms with Gasteiger partial charge in [-0.1, -0.05) is 22.0 Å².